The van der Waals surface area contributed by atoms with Gasteiger partial charge < -0.3 is 15.0 Å². The fourth-order valence-corrected chi connectivity index (χ4v) is 3.75. The van der Waals surface area contributed by atoms with Crippen LogP contribution in [0.2, 0.25) is 0 Å². The molecule has 136 valence electrons. The van der Waals surface area contributed by atoms with Gasteiger partial charge in [0, 0.05) is 6.04 Å². The molecular weight excluding hydrogens is 340 g/mol. The SMILES string of the molecule is O=C(N[C@@H]1CCCC[C@@H]1N(C(=O)CCl)C1CC1)OCc1ccccc1. The average Bonchev–Trinajstić information content (AvgIpc) is 3.47. The van der Waals surface area contributed by atoms with E-state index < -0.39 is 6.09 Å². The molecule has 2 fully saturated rings. The van der Waals surface area contributed by atoms with Crippen molar-refractivity contribution in [2.45, 2.75) is 63.3 Å². The molecule has 2 atom stereocenters. The van der Waals surface area contributed by atoms with Gasteiger partial charge in [-0.2, -0.15) is 0 Å². The van der Waals surface area contributed by atoms with Gasteiger partial charge in [-0.25, -0.2) is 4.79 Å². The van der Waals surface area contributed by atoms with Crippen molar-refractivity contribution in [3.8, 4) is 0 Å². The van der Waals surface area contributed by atoms with Crippen molar-refractivity contribution in [2.24, 2.45) is 0 Å². The first kappa shape index (κ1) is 18.1. The number of hydrogen-bond acceptors (Lipinski definition) is 3. The van der Waals surface area contributed by atoms with Gasteiger partial charge in [0.1, 0.15) is 12.5 Å². The number of ether oxygens (including phenoxy) is 1. The monoisotopic (exact) mass is 364 g/mol. The molecule has 0 spiro atoms. The van der Waals surface area contributed by atoms with Crippen LogP contribution in [0.15, 0.2) is 30.3 Å². The molecule has 2 aliphatic carbocycles. The molecule has 2 amide bonds. The van der Waals surface area contributed by atoms with Crippen molar-refractivity contribution < 1.29 is 14.3 Å². The van der Waals surface area contributed by atoms with Gasteiger partial charge in [-0.1, -0.05) is 43.2 Å². The Balaban J connectivity index is 1.58. The molecule has 2 saturated carbocycles. The maximum absolute atomic E-state index is 12.3. The van der Waals surface area contributed by atoms with Crippen LogP contribution in [0.25, 0.3) is 0 Å². The Kier molecular flexibility index (Phi) is 6.19. The van der Waals surface area contributed by atoms with E-state index in [0.717, 1.165) is 44.1 Å². The first-order chi connectivity index (χ1) is 12.2. The summed E-state index contributed by atoms with van der Waals surface area (Å²) in [5.41, 5.74) is 0.953. The van der Waals surface area contributed by atoms with E-state index in [1.165, 1.54) is 0 Å². The third kappa shape index (κ3) is 4.88. The van der Waals surface area contributed by atoms with Gasteiger partial charge in [-0.15, -0.1) is 11.6 Å². The van der Waals surface area contributed by atoms with Crippen LogP contribution >= 0.6 is 11.6 Å². The van der Waals surface area contributed by atoms with Crippen LogP contribution in [0.5, 0.6) is 0 Å². The van der Waals surface area contributed by atoms with Crippen LogP contribution in [0.4, 0.5) is 4.79 Å². The molecule has 0 unspecified atom stereocenters. The van der Waals surface area contributed by atoms with Crippen molar-refractivity contribution in [1.82, 2.24) is 10.2 Å². The maximum atomic E-state index is 12.3. The largest absolute Gasteiger partial charge is 0.445 e. The molecule has 5 nitrogen and oxygen atoms in total. The zero-order valence-corrected chi connectivity index (χ0v) is 15.1. The Hall–Kier alpha value is -1.75. The molecule has 25 heavy (non-hydrogen) atoms. The lowest BCUT2D eigenvalue weighted by Gasteiger charge is -2.40. The van der Waals surface area contributed by atoms with E-state index in [1.54, 1.807) is 0 Å². The molecule has 0 radical (unpaired) electrons. The number of alkyl halides is 1. The summed E-state index contributed by atoms with van der Waals surface area (Å²) < 4.78 is 5.34. The minimum absolute atomic E-state index is 0.00181. The molecule has 0 heterocycles. The minimum Gasteiger partial charge on any atom is -0.445 e. The van der Waals surface area contributed by atoms with Gasteiger partial charge in [0.05, 0.1) is 12.1 Å². The lowest BCUT2D eigenvalue weighted by molar-refractivity contribution is -0.132. The standard InChI is InChI=1S/C19H25ClN2O3/c20-12-18(23)22(15-10-11-15)17-9-5-4-8-16(17)21-19(24)25-13-14-6-2-1-3-7-14/h1-3,6-7,15-17H,4-5,8-13H2,(H,21,24)/t16-,17+/m1/s1. The zero-order valence-electron chi connectivity index (χ0n) is 14.3. The topological polar surface area (TPSA) is 58.6 Å². The second kappa shape index (κ2) is 8.56. The third-order valence-corrected chi connectivity index (χ3v) is 5.17. The first-order valence-electron chi connectivity index (χ1n) is 9.03. The van der Waals surface area contributed by atoms with Gasteiger partial charge in [0.2, 0.25) is 5.91 Å². The van der Waals surface area contributed by atoms with E-state index in [9.17, 15) is 9.59 Å². The molecule has 1 aromatic carbocycles. The Bertz CT molecular complexity index is 592. The molecule has 0 aromatic heterocycles. The molecule has 3 rings (SSSR count). The number of rotatable bonds is 6. The molecule has 0 aliphatic heterocycles. The predicted octanol–water partition coefficient (Wildman–Crippen LogP) is 3.45. The van der Waals surface area contributed by atoms with Gasteiger partial charge in [0.25, 0.3) is 0 Å². The zero-order chi connectivity index (χ0) is 17.6. The number of halogens is 1. The van der Waals surface area contributed by atoms with Crippen molar-refractivity contribution in [2.75, 3.05) is 5.88 Å². The summed E-state index contributed by atoms with van der Waals surface area (Å²) in [4.78, 5) is 26.4. The Morgan fingerprint density at radius 2 is 1.84 bits per heavy atom. The molecule has 2 aliphatic rings. The molecular formula is C19H25ClN2O3. The van der Waals surface area contributed by atoms with Crippen molar-refractivity contribution in [1.29, 1.82) is 0 Å². The first-order valence-corrected chi connectivity index (χ1v) is 9.57. The van der Waals surface area contributed by atoms with E-state index in [1.807, 2.05) is 35.2 Å². The van der Waals surface area contributed by atoms with Gasteiger partial charge in [-0.05, 0) is 31.2 Å². The summed E-state index contributed by atoms with van der Waals surface area (Å²) in [6.45, 7) is 0.247. The fraction of sp³-hybridized carbons (Fsp3) is 0.579. The van der Waals surface area contributed by atoms with Crippen LogP contribution in [-0.2, 0) is 16.1 Å². The fourth-order valence-electron chi connectivity index (χ4n) is 3.61. The number of nitrogens with zero attached hydrogens (tertiary/aromatic N) is 1. The highest BCUT2D eigenvalue weighted by Crippen LogP contribution is 2.34. The van der Waals surface area contributed by atoms with E-state index in [4.69, 9.17) is 16.3 Å². The second-order valence-electron chi connectivity index (χ2n) is 6.83. The Morgan fingerprint density at radius 1 is 1.12 bits per heavy atom. The van der Waals surface area contributed by atoms with Crippen LogP contribution in [0, 0.1) is 0 Å². The molecule has 1 aromatic rings. The number of nitrogens with one attached hydrogen (secondary N) is 1. The predicted molar refractivity (Wildman–Crippen MR) is 96.4 cm³/mol. The quantitative estimate of drug-likeness (QED) is 0.786. The highest BCUT2D eigenvalue weighted by Gasteiger charge is 2.41. The number of amides is 2. The molecule has 0 bridgehead atoms. The second-order valence-corrected chi connectivity index (χ2v) is 7.10. The minimum atomic E-state index is -0.421. The summed E-state index contributed by atoms with van der Waals surface area (Å²) in [5, 5.41) is 2.98. The Labute approximate surface area is 153 Å². The summed E-state index contributed by atoms with van der Waals surface area (Å²) in [6.07, 6.45) is 5.53. The van der Waals surface area contributed by atoms with Gasteiger partial charge >= 0.3 is 6.09 Å². The highest BCUT2D eigenvalue weighted by atomic mass is 35.5. The summed E-state index contributed by atoms with van der Waals surface area (Å²) in [5.74, 6) is -0.0291. The number of carbonyl (C=O) groups is 2. The lowest BCUT2D eigenvalue weighted by atomic mass is 9.89. The van der Waals surface area contributed by atoms with Crippen LogP contribution in [0.3, 0.4) is 0 Å². The summed E-state index contributed by atoms with van der Waals surface area (Å²) >= 11 is 5.81. The van der Waals surface area contributed by atoms with Crippen molar-refractivity contribution >= 4 is 23.6 Å². The number of hydrogen-bond donors (Lipinski definition) is 1. The lowest BCUT2D eigenvalue weighted by Crippen LogP contribution is -2.56. The van der Waals surface area contributed by atoms with Crippen LogP contribution in [0.1, 0.15) is 44.1 Å². The smallest absolute Gasteiger partial charge is 0.407 e. The number of benzene rings is 1. The van der Waals surface area contributed by atoms with E-state index >= 15 is 0 Å². The summed E-state index contributed by atoms with van der Waals surface area (Å²) in [7, 11) is 0. The average molecular weight is 365 g/mol. The van der Waals surface area contributed by atoms with E-state index in [2.05, 4.69) is 5.32 Å². The van der Waals surface area contributed by atoms with E-state index in [-0.39, 0.29) is 30.5 Å². The van der Waals surface area contributed by atoms with Crippen LogP contribution in [-0.4, -0.2) is 40.9 Å². The molecule has 1 N–H and O–H groups in total. The van der Waals surface area contributed by atoms with Crippen molar-refractivity contribution in [3.63, 3.8) is 0 Å². The Morgan fingerprint density at radius 3 is 2.52 bits per heavy atom. The van der Waals surface area contributed by atoms with Gasteiger partial charge in [0.15, 0.2) is 0 Å². The van der Waals surface area contributed by atoms with E-state index in [0.29, 0.717) is 6.04 Å². The maximum Gasteiger partial charge on any atom is 0.407 e. The van der Waals surface area contributed by atoms with Crippen molar-refractivity contribution in [3.05, 3.63) is 35.9 Å². The van der Waals surface area contributed by atoms with Gasteiger partial charge in [-0.3, -0.25) is 4.79 Å². The normalized spacial score (nSPS) is 22.9. The number of alkyl carbamates (subject to hydrolysis) is 1. The molecule has 0 saturated heterocycles. The highest BCUT2D eigenvalue weighted by molar-refractivity contribution is 6.27. The summed E-state index contributed by atoms with van der Waals surface area (Å²) in [6, 6.07) is 9.85. The molecule has 6 heteroatoms. The van der Waals surface area contributed by atoms with Crippen LogP contribution < -0.4 is 5.32 Å². The number of carbonyl (C=O) groups excluding carboxylic acids is 2. The third-order valence-electron chi connectivity index (χ3n) is 4.95.